The first-order chi connectivity index (χ1) is 2.89. The molecule has 0 aromatic carbocycles. The van der Waals surface area contributed by atoms with E-state index in [0.717, 1.165) is 12.8 Å². The van der Waals surface area contributed by atoms with Crippen LogP contribution in [0.5, 0.6) is 0 Å². The van der Waals surface area contributed by atoms with Gasteiger partial charge in [-0.25, -0.2) is 0 Å². The van der Waals surface area contributed by atoms with Gasteiger partial charge in [-0.15, -0.1) is 30.9 Å². The third-order valence-electron chi connectivity index (χ3n) is 1.36. The quantitative estimate of drug-likeness (QED) is 0.543. The second-order valence-corrected chi connectivity index (χ2v) is 1.98. The Kier molecular flexibility index (Phi) is 17.2. The van der Waals surface area contributed by atoms with E-state index in [1.807, 2.05) is 0 Å². The van der Waals surface area contributed by atoms with Gasteiger partial charge in [0.05, 0.1) is 0 Å². The van der Waals surface area contributed by atoms with Crippen LogP contribution >= 0.6 is 24.8 Å². The van der Waals surface area contributed by atoms with E-state index in [2.05, 4.69) is 0 Å². The van der Waals surface area contributed by atoms with Crippen molar-refractivity contribution in [3.63, 3.8) is 0 Å². The molecule has 0 atom stereocenters. The summed E-state index contributed by atoms with van der Waals surface area (Å²) in [5.41, 5.74) is 7.13. The Morgan fingerprint density at radius 3 is 1.44 bits per heavy atom. The maximum absolute atomic E-state index is 7.13. The Morgan fingerprint density at radius 2 is 1.33 bits per heavy atom. The molecule has 1 saturated carbocycles. The molecule has 0 radical (unpaired) electrons. The molecule has 1 aliphatic rings. The van der Waals surface area contributed by atoms with E-state index in [1.165, 1.54) is 12.8 Å². The van der Waals surface area contributed by atoms with Crippen LogP contribution < -0.4 is 0 Å². The molecule has 0 aliphatic heterocycles. The van der Waals surface area contributed by atoms with Crippen LogP contribution in [0, 0.1) is 0 Å². The van der Waals surface area contributed by atoms with Gasteiger partial charge >= 0.3 is 0 Å². The van der Waals surface area contributed by atoms with Crippen molar-refractivity contribution in [2.75, 3.05) is 0 Å². The number of nitrogens with one attached hydrogen (secondary N) is 1. The van der Waals surface area contributed by atoms with Crippen molar-refractivity contribution in [2.45, 2.75) is 31.7 Å². The van der Waals surface area contributed by atoms with Crippen molar-refractivity contribution < 1.29 is 21.7 Å². The van der Waals surface area contributed by atoms with Crippen molar-refractivity contribution >= 4 is 24.8 Å². The minimum atomic E-state index is 0. The molecular weight excluding hydrogens is 193 g/mol. The summed E-state index contributed by atoms with van der Waals surface area (Å²) < 4.78 is 0. The summed E-state index contributed by atoms with van der Waals surface area (Å²) in [5.74, 6) is 0. The average molecular weight is 205 g/mol. The molecule has 9 heavy (non-hydrogen) atoms. The first-order valence-electron chi connectivity index (χ1n) is 2.61. The van der Waals surface area contributed by atoms with Gasteiger partial charge in [0.25, 0.3) is 0 Å². The molecule has 1 rings (SSSR count). The summed E-state index contributed by atoms with van der Waals surface area (Å²) in [6, 6.07) is 0.296. The van der Waals surface area contributed by atoms with Gasteiger partial charge in [0.1, 0.15) is 0 Å². The molecule has 0 heterocycles. The molecule has 0 spiro atoms. The summed E-state index contributed by atoms with van der Waals surface area (Å²) in [6.07, 6.45) is 4.91. The molecule has 0 bridgehead atoms. The van der Waals surface area contributed by atoms with E-state index < -0.39 is 0 Å². The molecule has 0 aromatic heterocycles. The van der Waals surface area contributed by atoms with Crippen molar-refractivity contribution in [1.29, 1.82) is 0 Å². The molecule has 0 aromatic rings. The van der Waals surface area contributed by atoms with E-state index in [4.69, 9.17) is 5.73 Å². The van der Waals surface area contributed by atoms with E-state index in [1.54, 1.807) is 0 Å². The molecule has 1 nitrogen and oxygen atoms in total. The van der Waals surface area contributed by atoms with Gasteiger partial charge in [0.15, 0.2) is 0 Å². The smallest absolute Gasteiger partial charge is 0 e. The van der Waals surface area contributed by atoms with Crippen LogP contribution in [0.3, 0.4) is 0 Å². The zero-order valence-electron chi connectivity index (χ0n) is 5.22. The van der Waals surface area contributed by atoms with E-state index in [-0.39, 0.29) is 46.5 Å². The Labute approximate surface area is 83.8 Å². The van der Waals surface area contributed by atoms with Crippen LogP contribution in [-0.2, 0) is 21.7 Å². The molecule has 56 valence electrons. The zero-order valence-corrected chi connectivity index (χ0v) is 8.42. The number of halogens is 2. The third kappa shape index (κ3) is 7.15. The minimum absolute atomic E-state index is 0. The number of rotatable bonds is 0. The Morgan fingerprint density at radius 1 is 1.00 bits per heavy atom. The van der Waals surface area contributed by atoms with Crippen LogP contribution in [-0.4, -0.2) is 6.04 Å². The van der Waals surface area contributed by atoms with E-state index >= 15 is 0 Å². The van der Waals surface area contributed by atoms with Crippen LogP contribution in [0.4, 0.5) is 0 Å². The Bertz CT molecular complexity index is 48.2. The van der Waals surface area contributed by atoms with Crippen molar-refractivity contribution in [1.82, 2.24) is 0 Å². The molecule has 1 aliphatic carbocycles. The SMILES string of the molecule is Cl.Cl.[NH-]C1CCCC1.[Ti]. The van der Waals surface area contributed by atoms with Crippen molar-refractivity contribution in [2.24, 2.45) is 0 Å². The fourth-order valence-corrected chi connectivity index (χ4v) is 0.926. The second-order valence-electron chi connectivity index (χ2n) is 1.98. The fraction of sp³-hybridized carbons (Fsp3) is 1.00. The topological polar surface area (TPSA) is 23.8 Å². The molecule has 0 unspecified atom stereocenters. The monoisotopic (exact) mass is 204 g/mol. The first kappa shape index (κ1) is 16.7. The maximum atomic E-state index is 7.13. The van der Waals surface area contributed by atoms with Gasteiger partial charge in [0.2, 0.25) is 0 Å². The van der Waals surface area contributed by atoms with Gasteiger partial charge in [-0.05, 0) is 0 Å². The minimum Gasteiger partial charge on any atom is -0.675 e. The fourth-order valence-electron chi connectivity index (χ4n) is 0.926. The van der Waals surface area contributed by atoms with Gasteiger partial charge in [-0.2, -0.15) is 0 Å². The Balaban J connectivity index is -0.000000120. The van der Waals surface area contributed by atoms with Crippen LogP contribution in [0.2, 0.25) is 0 Å². The van der Waals surface area contributed by atoms with Crippen LogP contribution in [0.1, 0.15) is 25.7 Å². The van der Waals surface area contributed by atoms with Crippen molar-refractivity contribution in [3.05, 3.63) is 5.73 Å². The summed E-state index contributed by atoms with van der Waals surface area (Å²) in [5, 5.41) is 0. The average Bonchev–Trinajstić information content (AvgIpc) is 1.86. The first-order valence-corrected chi connectivity index (χ1v) is 2.61. The van der Waals surface area contributed by atoms with Crippen LogP contribution in [0.15, 0.2) is 0 Å². The maximum Gasteiger partial charge on any atom is 0 e. The van der Waals surface area contributed by atoms with Gasteiger partial charge in [0, 0.05) is 21.7 Å². The Hall–Kier alpha value is 1.25. The van der Waals surface area contributed by atoms with E-state index in [9.17, 15) is 0 Å². The van der Waals surface area contributed by atoms with E-state index in [0.29, 0.717) is 6.04 Å². The zero-order chi connectivity index (χ0) is 4.41. The summed E-state index contributed by atoms with van der Waals surface area (Å²) in [7, 11) is 0. The molecular formula is C5H12Cl2NTi-. The molecule has 4 heteroatoms. The number of hydrogen-bond acceptors (Lipinski definition) is 0. The third-order valence-corrected chi connectivity index (χ3v) is 1.36. The molecule has 0 saturated heterocycles. The predicted molar refractivity (Wildman–Crippen MR) is 41.1 cm³/mol. The largest absolute Gasteiger partial charge is 0.675 e. The molecule has 0 amide bonds. The van der Waals surface area contributed by atoms with Crippen LogP contribution in [0.25, 0.3) is 5.73 Å². The summed E-state index contributed by atoms with van der Waals surface area (Å²) in [4.78, 5) is 0. The normalized spacial score (nSPS) is 17.0. The van der Waals surface area contributed by atoms with Gasteiger partial charge in [-0.1, -0.05) is 25.7 Å². The van der Waals surface area contributed by atoms with Gasteiger partial charge in [-0.3, -0.25) is 0 Å². The number of hydrogen-bond donors (Lipinski definition) is 0. The summed E-state index contributed by atoms with van der Waals surface area (Å²) >= 11 is 0. The van der Waals surface area contributed by atoms with Gasteiger partial charge < -0.3 is 5.73 Å². The second kappa shape index (κ2) is 9.25. The standard InChI is InChI=1S/C5H10N.2ClH.Ti/c6-5-3-1-2-4-5;;;/h5-6H,1-4H2;2*1H;/q-1;;;. The predicted octanol–water partition coefficient (Wildman–Crippen LogP) is 2.82. The molecule has 1 N–H and O–H groups in total. The van der Waals surface area contributed by atoms with Crippen molar-refractivity contribution in [3.8, 4) is 0 Å². The summed E-state index contributed by atoms with van der Waals surface area (Å²) in [6.45, 7) is 0. The molecule has 1 fully saturated rings.